The molecule has 1 aromatic rings. The Hall–Kier alpha value is -1.79. The summed E-state index contributed by atoms with van der Waals surface area (Å²) < 4.78 is 16.3. The van der Waals surface area contributed by atoms with E-state index in [0.717, 1.165) is 18.7 Å². The third-order valence-electron chi connectivity index (χ3n) is 4.48. The molecule has 1 heterocycles. The summed E-state index contributed by atoms with van der Waals surface area (Å²) in [7, 11) is 3.21. The van der Waals surface area contributed by atoms with Gasteiger partial charge in [-0.3, -0.25) is 4.79 Å². The van der Waals surface area contributed by atoms with Gasteiger partial charge in [-0.25, -0.2) is 0 Å². The fraction of sp³-hybridized carbons (Fsp3) is 0.611. The van der Waals surface area contributed by atoms with Crippen molar-refractivity contribution in [1.29, 1.82) is 0 Å². The molecule has 6 heteroatoms. The Morgan fingerprint density at radius 1 is 1.25 bits per heavy atom. The first-order valence-corrected chi connectivity index (χ1v) is 8.43. The zero-order valence-corrected chi connectivity index (χ0v) is 15.2. The van der Waals surface area contributed by atoms with Gasteiger partial charge in [-0.1, -0.05) is 6.07 Å². The van der Waals surface area contributed by atoms with Crippen molar-refractivity contribution in [1.82, 2.24) is 5.32 Å². The van der Waals surface area contributed by atoms with E-state index in [2.05, 4.69) is 19.2 Å². The molecule has 2 rings (SSSR count). The number of methoxy groups -OCH3 is 2. The topological polar surface area (TPSA) is 61.2 Å². The van der Waals surface area contributed by atoms with E-state index < -0.39 is 0 Å². The quantitative estimate of drug-likeness (QED) is 0.789. The van der Waals surface area contributed by atoms with E-state index in [1.54, 1.807) is 14.2 Å². The lowest BCUT2D eigenvalue weighted by Gasteiger charge is -2.35. The average Bonchev–Trinajstić information content (AvgIpc) is 2.57. The van der Waals surface area contributed by atoms with Crippen molar-refractivity contribution in [3.63, 3.8) is 0 Å². The molecule has 0 radical (unpaired) electrons. The van der Waals surface area contributed by atoms with Gasteiger partial charge in [-0.2, -0.15) is 0 Å². The van der Waals surface area contributed by atoms with E-state index in [-0.39, 0.29) is 24.2 Å². The summed E-state index contributed by atoms with van der Waals surface area (Å²) in [5.74, 6) is 1.40. The maximum absolute atomic E-state index is 12.5. The van der Waals surface area contributed by atoms with Gasteiger partial charge < -0.3 is 24.4 Å². The van der Waals surface area contributed by atoms with Gasteiger partial charge >= 0.3 is 0 Å². The minimum absolute atomic E-state index is 0.0566. The number of hydrogen-bond acceptors (Lipinski definition) is 4. The third kappa shape index (κ3) is 4.61. The molecule has 0 saturated carbocycles. The third-order valence-corrected chi connectivity index (χ3v) is 4.48. The lowest BCUT2D eigenvalue weighted by molar-refractivity contribution is -0.928. The Morgan fingerprint density at radius 3 is 2.46 bits per heavy atom. The molecule has 24 heavy (non-hydrogen) atoms. The van der Waals surface area contributed by atoms with Crippen LogP contribution in [0.2, 0.25) is 0 Å². The van der Waals surface area contributed by atoms with E-state index in [1.807, 2.05) is 25.1 Å². The first-order chi connectivity index (χ1) is 11.4. The smallest absolute Gasteiger partial charge is 0.278 e. The Balaban J connectivity index is 1.92. The molecule has 0 aliphatic carbocycles. The van der Waals surface area contributed by atoms with Crippen LogP contribution in [0.4, 0.5) is 0 Å². The molecule has 0 spiro atoms. The summed E-state index contributed by atoms with van der Waals surface area (Å²) in [4.78, 5) is 13.7. The molecular formula is C18H29N2O4+. The number of amides is 1. The molecule has 1 unspecified atom stereocenters. The van der Waals surface area contributed by atoms with Gasteiger partial charge in [-0.05, 0) is 38.5 Å². The van der Waals surface area contributed by atoms with Crippen LogP contribution in [0.15, 0.2) is 18.2 Å². The first kappa shape index (κ1) is 18.5. The fourth-order valence-corrected chi connectivity index (χ4v) is 3.19. The minimum Gasteiger partial charge on any atom is -0.493 e. The number of benzene rings is 1. The summed E-state index contributed by atoms with van der Waals surface area (Å²) in [6.45, 7) is 8.28. The van der Waals surface area contributed by atoms with E-state index in [0.29, 0.717) is 18.0 Å². The highest BCUT2D eigenvalue weighted by molar-refractivity contribution is 5.79. The van der Waals surface area contributed by atoms with Crippen LogP contribution < -0.4 is 19.7 Å². The summed E-state index contributed by atoms with van der Waals surface area (Å²) in [5, 5.41) is 3.02. The zero-order valence-electron chi connectivity index (χ0n) is 15.2. The maximum atomic E-state index is 12.5. The van der Waals surface area contributed by atoms with Crippen LogP contribution in [-0.2, 0) is 16.1 Å². The molecule has 1 aliphatic heterocycles. The lowest BCUT2D eigenvalue weighted by atomic mass is 10.1. The molecule has 1 saturated heterocycles. The number of ether oxygens (including phenoxy) is 3. The van der Waals surface area contributed by atoms with Crippen LogP contribution in [0, 0.1) is 0 Å². The van der Waals surface area contributed by atoms with Gasteiger partial charge in [0, 0.05) is 6.54 Å². The van der Waals surface area contributed by atoms with Crippen LogP contribution in [0.3, 0.4) is 0 Å². The second-order valence-corrected chi connectivity index (χ2v) is 6.45. The number of nitrogens with one attached hydrogen (secondary N) is 2. The van der Waals surface area contributed by atoms with Crippen molar-refractivity contribution in [2.75, 3.05) is 27.3 Å². The lowest BCUT2D eigenvalue weighted by Crippen LogP contribution is -3.19. The Morgan fingerprint density at radius 2 is 1.88 bits per heavy atom. The highest BCUT2D eigenvalue weighted by Gasteiger charge is 2.32. The van der Waals surface area contributed by atoms with Crippen LogP contribution in [0.25, 0.3) is 0 Å². The minimum atomic E-state index is -0.0982. The first-order valence-electron chi connectivity index (χ1n) is 8.43. The van der Waals surface area contributed by atoms with Gasteiger partial charge in [-0.15, -0.1) is 0 Å². The number of morpholine rings is 1. The number of rotatable bonds is 6. The van der Waals surface area contributed by atoms with Crippen LogP contribution in [0.1, 0.15) is 26.3 Å². The zero-order chi connectivity index (χ0) is 17.7. The molecule has 1 amide bonds. The SMILES string of the molecule is COc1ccc(CNC(=O)[C@H](C)[NH+]2C[C@@H](C)O[C@@H](C)C2)cc1OC. The predicted octanol–water partition coefficient (Wildman–Crippen LogP) is 0.401. The standard InChI is InChI=1S/C18H28N2O4/c1-12-10-20(11-13(2)24-12)14(3)18(21)19-9-15-6-7-16(22-4)17(8-15)23-5/h6-8,12-14H,9-11H2,1-5H3,(H,19,21)/p+1/t12-,13+,14-/m0/s1. The molecule has 4 atom stereocenters. The number of quaternary nitrogens is 1. The Bertz CT molecular complexity index is 554. The molecule has 1 aromatic carbocycles. The van der Waals surface area contributed by atoms with Crippen LogP contribution in [0.5, 0.6) is 11.5 Å². The van der Waals surface area contributed by atoms with Crippen molar-refractivity contribution in [2.24, 2.45) is 0 Å². The molecular weight excluding hydrogens is 308 g/mol. The fourth-order valence-electron chi connectivity index (χ4n) is 3.19. The van der Waals surface area contributed by atoms with Gasteiger partial charge in [0.1, 0.15) is 25.3 Å². The normalized spacial score (nSPS) is 25.0. The number of carbonyl (C=O) groups excluding carboxylic acids is 1. The molecule has 6 nitrogen and oxygen atoms in total. The van der Waals surface area contributed by atoms with Crippen LogP contribution in [-0.4, -0.2) is 51.5 Å². The summed E-state index contributed by atoms with van der Waals surface area (Å²) >= 11 is 0. The summed E-state index contributed by atoms with van der Waals surface area (Å²) in [6.07, 6.45) is 0.370. The van der Waals surface area contributed by atoms with Gasteiger partial charge in [0.05, 0.1) is 14.2 Å². The number of carbonyl (C=O) groups is 1. The van der Waals surface area contributed by atoms with Gasteiger partial charge in [0.25, 0.3) is 5.91 Å². The molecule has 2 N–H and O–H groups in total. The predicted molar refractivity (Wildman–Crippen MR) is 91.6 cm³/mol. The van der Waals surface area contributed by atoms with Gasteiger partial charge in [0.15, 0.2) is 17.5 Å². The van der Waals surface area contributed by atoms with Gasteiger partial charge in [0.2, 0.25) is 0 Å². The summed E-state index contributed by atoms with van der Waals surface area (Å²) in [6, 6.07) is 5.56. The average molecular weight is 337 g/mol. The Labute approximate surface area is 144 Å². The van der Waals surface area contributed by atoms with Crippen molar-refractivity contribution >= 4 is 5.91 Å². The molecule has 1 aliphatic rings. The summed E-state index contributed by atoms with van der Waals surface area (Å²) in [5.41, 5.74) is 0.979. The second kappa shape index (κ2) is 8.35. The highest BCUT2D eigenvalue weighted by Crippen LogP contribution is 2.27. The monoisotopic (exact) mass is 337 g/mol. The molecule has 134 valence electrons. The van der Waals surface area contributed by atoms with E-state index in [9.17, 15) is 4.79 Å². The Kier molecular flexibility index (Phi) is 6.45. The van der Waals surface area contributed by atoms with Crippen molar-refractivity contribution in [2.45, 2.75) is 45.6 Å². The second-order valence-electron chi connectivity index (χ2n) is 6.45. The van der Waals surface area contributed by atoms with E-state index >= 15 is 0 Å². The van der Waals surface area contributed by atoms with Crippen molar-refractivity contribution in [3.05, 3.63) is 23.8 Å². The molecule has 1 fully saturated rings. The number of hydrogen-bond donors (Lipinski definition) is 2. The van der Waals surface area contributed by atoms with Crippen LogP contribution >= 0.6 is 0 Å². The maximum Gasteiger partial charge on any atom is 0.278 e. The largest absolute Gasteiger partial charge is 0.493 e. The van der Waals surface area contributed by atoms with Crippen molar-refractivity contribution in [3.8, 4) is 11.5 Å². The van der Waals surface area contributed by atoms with E-state index in [4.69, 9.17) is 14.2 Å². The van der Waals surface area contributed by atoms with Crippen molar-refractivity contribution < 1.29 is 23.9 Å². The molecule has 0 aromatic heterocycles. The molecule has 0 bridgehead atoms. The highest BCUT2D eigenvalue weighted by atomic mass is 16.5. The van der Waals surface area contributed by atoms with E-state index in [1.165, 1.54) is 4.90 Å².